The van der Waals surface area contributed by atoms with Gasteiger partial charge in [0, 0.05) is 33.7 Å². The molecule has 25 heavy (non-hydrogen) atoms. The largest absolute Gasteiger partial charge is 0.332 e. The number of hydrogen-bond acceptors (Lipinski definition) is 3. The van der Waals surface area contributed by atoms with Crippen LogP contribution < -0.4 is 5.32 Å². The van der Waals surface area contributed by atoms with Gasteiger partial charge in [0.1, 0.15) is 0 Å². The second kappa shape index (κ2) is 7.27. The van der Waals surface area contributed by atoms with Gasteiger partial charge in [-0.1, -0.05) is 18.2 Å². The molecule has 0 fully saturated rings. The van der Waals surface area contributed by atoms with E-state index in [-0.39, 0.29) is 6.03 Å². The molecule has 2 heterocycles. The molecule has 1 N–H and O–H groups in total. The van der Waals surface area contributed by atoms with Gasteiger partial charge in [-0.3, -0.25) is 9.58 Å². The Morgan fingerprint density at radius 3 is 2.72 bits per heavy atom. The van der Waals surface area contributed by atoms with Gasteiger partial charge in [0.05, 0.1) is 24.5 Å². The molecule has 0 bridgehead atoms. The number of nitrogens with zero attached hydrogens (tertiary/aromatic N) is 4. The third-order valence-electron chi connectivity index (χ3n) is 4.73. The van der Waals surface area contributed by atoms with E-state index >= 15 is 0 Å². The first-order valence-electron chi connectivity index (χ1n) is 8.71. The molecule has 1 aliphatic heterocycles. The van der Waals surface area contributed by atoms with Crippen LogP contribution in [0, 0.1) is 13.8 Å². The summed E-state index contributed by atoms with van der Waals surface area (Å²) in [6.45, 7) is 8.51. The molecule has 2 aromatic rings. The fourth-order valence-corrected chi connectivity index (χ4v) is 3.09. The molecule has 0 unspecified atom stereocenters. The van der Waals surface area contributed by atoms with Crippen molar-refractivity contribution in [1.82, 2.24) is 24.9 Å². The van der Waals surface area contributed by atoms with E-state index in [0.717, 1.165) is 31.9 Å². The van der Waals surface area contributed by atoms with Crippen molar-refractivity contribution in [1.29, 1.82) is 0 Å². The number of fused-ring (bicyclic) bond motifs is 1. The topological polar surface area (TPSA) is 53.4 Å². The molecule has 3 rings (SSSR count). The van der Waals surface area contributed by atoms with E-state index in [4.69, 9.17) is 0 Å². The van der Waals surface area contributed by atoms with Gasteiger partial charge in [-0.05, 0) is 36.6 Å². The van der Waals surface area contributed by atoms with Gasteiger partial charge in [-0.25, -0.2) is 4.79 Å². The Labute approximate surface area is 149 Å². The standard InChI is InChI=1S/C19H27N5O/c1-14-5-6-16(9-15(14)2)12-23-7-8-24-18(13-23)10-17(21-24)11-20-19(25)22(3)4/h5-6,9-10H,7-8,11-13H2,1-4H3,(H,20,25). The van der Waals surface area contributed by atoms with Crippen LogP contribution in [0.4, 0.5) is 4.79 Å². The fourth-order valence-electron chi connectivity index (χ4n) is 3.09. The lowest BCUT2D eigenvalue weighted by atomic mass is 10.1. The van der Waals surface area contributed by atoms with Crippen molar-refractivity contribution < 1.29 is 4.79 Å². The lowest BCUT2D eigenvalue weighted by Gasteiger charge is -2.27. The van der Waals surface area contributed by atoms with Crippen molar-refractivity contribution >= 4 is 6.03 Å². The number of hydrogen-bond donors (Lipinski definition) is 1. The van der Waals surface area contributed by atoms with Crippen molar-refractivity contribution in [3.05, 3.63) is 52.3 Å². The van der Waals surface area contributed by atoms with Crippen LogP contribution in [-0.2, 0) is 26.2 Å². The lowest BCUT2D eigenvalue weighted by Crippen LogP contribution is -2.34. The number of carbonyl (C=O) groups is 1. The zero-order valence-corrected chi connectivity index (χ0v) is 15.5. The molecule has 0 aliphatic carbocycles. The number of nitrogens with one attached hydrogen (secondary N) is 1. The van der Waals surface area contributed by atoms with Crippen LogP contribution in [0.15, 0.2) is 24.3 Å². The Morgan fingerprint density at radius 2 is 2.00 bits per heavy atom. The van der Waals surface area contributed by atoms with Crippen molar-refractivity contribution in [3.8, 4) is 0 Å². The predicted octanol–water partition coefficient (Wildman–Crippen LogP) is 2.29. The van der Waals surface area contributed by atoms with Crippen LogP contribution in [0.25, 0.3) is 0 Å². The first-order chi connectivity index (χ1) is 11.9. The number of rotatable bonds is 4. The highest BCUT2D eigenvalue weighted by Gasteiger charge is 2.19. The summed E-state index contributed by atoms with van der Waals surface area (Å²) in [5.74, 6) is 0. The first-order valence-corrected chi connectivity index (χ1v) is 8.71. The quantitative estimate of drug-likeness (QED) is 0.928. The minimum absolute atomic E-state index is 0.0951. The third kappa shape index (κ3) is 4.20. The molecular weight excluding hydrogens is 314 g/mol. The number of carbonyl (C=O) groups excluding carboxylic acids is 1. The van der Waals surface area contributed by atoms with Crippen LogP contribution in [0.5, 0.6) is 0 Å². The van der Waals surface area contributed by atoms with Gasteiger partial charge in [-0.2, -0.15) is 5.10 Å². The summed E-state index contributed by atoms with van der Waals surface area (Å²) in [7, 11) is 3.47. The van der Waals surface area contributed by atoms with Crippen molar-refractivity contribution in [2.24, 2.45) is 0 Å². The Bertz CT molecular complexity index is 765. The minimum atomic E-state index is -0.0951. The Kier molecular flexibility index (Phi) is 5.08. The molecule has 134 valence electrons. The van der Waals surface area contributed by atoms with Crippen molar-refractivity contribution in [2.75, 3.05) is 20.6 Å². The van der Waals surface area contributed by atoms with E-state index in [9.17, 15) is 4.79 Å². The van der Waals surface area contributed by atoms with Gasteiger partial charge >= 0.3 is 6.03 Å². The molecule has 2 amide bonds. The molecule has 6 nitrogen and oxygen atoms in total. The number of aryl methyl sites for hydroxylation is 2. The molecule has 0 spiro atoms. The van der Waals surface area contributed by atoms with Crippen LogP contribution in [0.2, 0.25) is 0 Å². The normalized spacial score (nSPS) is 14.2. The highest BCUT2D eigenvalue weighted by molar-refractivity contribution is 5.73. The molecule has 0 saturated carbocycles. The van der Waals surface area contributed by atoms with Crippen LogP contribution in [-0.4, -0.2) is 46.3 Å². The zero-order chi connectivity index (χ0) is 18.0. The lowest BCUT2D eigenvalue weighted by molar-refractivity contribution is 0.205. The summed E-state index contributed by atoms with van der Waals surface area (Å²) in [6, 6.07) is 8.70. The Hall–Kier alpha value is -2.34. The predicted molar refractivity (Wildman–Crippen MR) is 98.2 cm³/mol. The van der Waals surface area contributed by atoms with E-state index in [1.807, 2.05) is 0 Å². The monoisotopic (exact) mass is 341 g/mol. The van der Waals surface area contributed by atoms with Crippen molar-refractivity contribution in [2.45, 2.75) is 40.0 Å². The maximum absolute atomic E-state index is 11.6. The molecule has 0 saturated heterocycles. The summed E-state index contributed by atoms with van der Waals surface area (Å²) in [5.41, 5.74) is 6.17. The van der Waals surface area contributed by atoms with Crippen LogP contribution in [0.3, 0.4) is 0 Å². The molecular formula is C19H27N5O. The molecule has 6 heteroatoms. The molecule has 1 aliphatic rings. The highest BCUT2D eigenvalue weighted by atomic mass is 16.2. The van der Waals surface area contributed by atoms with E-state index in [1.54, 1.807) is 14.1 Å². The smallest absolute Gasteiger partial charge is 0.317 e. The fraction of sp³-hybridized carbons (Fsp3) is 0.474. The van der Waals surface area contributed by atoms with Gasteiger partial charge in [0.2, 0.25) is 0 Å². The SMILES string of the molecule is Cc1ccc(CN2CCn3nc(CNC(=O)N(C)C)cc3C2)cc1C. The highest BCUT2D eigenvalue weighted by Crippen LogP contribution is 2.18. The van der Waals surface area contributed by atoms with E-state index in [0.29, 0.717) is 6.54 Å². The average molecular weight is 341 g/mol. The number of aromatic nitrogens is 2. The number of benzene rings is 1. The maximum atomic E-state index is 11.6. The van der Waals surface area contributed by atoms with Gasteiger partial charge < -0.3 is 10.2 Å². The summed E-state index contributed by atoms with van der Waals surface area (Å²) in [6.07, 6.45) is 0. The number of amides is 2. The summed E-state index contributed by atoms with van der Waals surface area (Å²) in [5, 5.41) is 7.47. The molecule has 0 radical (unpaired) electrons. The minimum Gasteiger partial charge on any atom is -0.332 e. The summed E-state index contributed by atoms with van der Waals surface area (Å²) >= 11 is 0. The van der Waals surface area contributed by atoms with Gasteiger partial charge in [0.15, 0.2) is 0 Å². The van der Waals surface area contributed by atoms with Crippen molar-refractivity contribution in [3.63, 3.8) is 0 Å². The molecule has 0 atom stereocenters. The van der Waals surface area contributed by atoms with Gasteiger partial charge in [-0.15, -0.1) is 0 Å². The Balaban J connectivity index is 1.61. The Morgan fingerprint density at radius 1 is 1.20 bits per heavy atom. The van der Waals surface area contributed by atoms with E-state index in [2.05, 4.69) is 58.1 Å². The summed E-state index contributed by atoms with van der Waals surface area (Å²) < 4.78 is 2.06. The first kappa shape index (κ1) is 17.5. The second-order valence-electron chi connectivity index (χ2n) is 7.03. The van der Waals surface area contributed by atoms with Gasteiger partial charge in [0.25, 0.3) is 0 Å². The molecule has 1 aromatic carbocycles. The second-order valence-corrected chi connectivity index (χ2v) is 7.03. The van der Waals surface area contributed by atoms with Crippen LogP contribution in [0.1, 0.15) is 28.1 Å². The number of urea groups is 1. The van der Waals surface area contributed by atoms with E-state index in [1.165, 1.54) is 27.3 Å². The van der Waals surface area contributed by atoms with Crippen LogP contribution >= 0.6 is 0 Å². The third-order valence-corrected chi connectivity index (χ3v) is 4.73. The van der Waals surface area contributed by atoms with E-state index < -0.39 is 0 Å². The zero-order valence-electron chi connectivity index (χ0n) is 15.5. The maximum Gasteiger partial charge on any atom is 0.317 e. The average Bonchev–Trinajstić information content (AvgIpc) is 2.98. The molecule has 1 aromatic heterocycles. The summed E-state index contributed by atoms with van der Waals surface area (Å²) in [4.78, 5) is 15.6.